The lowest BCUT2D eigenvalue weighted by Gasteiger charge is -2.37. The third-order valence-electron chi connectivity index (χ3n) is 4.20. The molecule has 1 saturated heterocycles. The number of nitrogens with one attached hydrogen (secondary N) is 1. The van der Waals surface area contributed by atoms with Crippen LogP contribution in [0.5, 0.6) is 0 Å². The number of benzene rings is 1. The lowest BCUT2D eigenvalue weighted by Crippen LogP contribution is -2.53. The van der Waals surface area contributed by atoms with Crippen molar-refractivity contribution in [3.63, 3.8) is 0 Å². The van der Waals surface area contributed by atoms with Gasteiger partial charge in [0.15, 0.2) is 0 Å². The minimum Gasteiger partial charge on any atom is -0.481 e. The molecule has 1 aromatic carbocycles. The first-order chi connectivity index (χ1) is 10.5. The molecule has 1 aliphatic heterocycles. The van der Waals surface area contributed by atoms with Gasteiger partial charge in [0.05, 0.1) is 12.0 Å². The Hall–Kier alpha value is -1.88. The van der Waals surface area contributed by atoms with Gasteiger partial charge in [0.25, 0.3) is 0 Å². The van der Waals surface area contributed by atoms with E-state index in [-0.39, 0.29) is 18.2 Å². The van der Waals surface area contributed by atoms with Gasteiger partial charge in [-0.3, -0.25) is 9.59 Å². The molecule has 5 nitrogen and oxygen atoms in total. The smallest absolute Gasteiger partial charge is 0.305 e. The average Bonchev–Trinajstić information content (AvgIpc) is 2.47. The highest BCUT2D eigenvalue weighted by atomic mass is 16.5. The van der Waals surface area contributed by atoms with Crippen molar-refractivity contribution in [2.24, 2.45) is 0 Å². The van der Waals surface area contributed by atoms with E-state index in [2.05, 4.69) is 5.32 Å². The van der Waals surface area contributed by atoms with E-state index in [1.54, 1.807) is 0 Å². The number of aliphatic carboxylic acids is 1. The first-order valence-electron chi connectivity index (χ1n) is 7.66. The van der Waals surface area contributed by atoms with Crippen molar-refractivity contribution in [1.29, 1.82) is 0 Å². The van der Waals surface area contributed by atoms with Crippen molar-refractivity contribution in [1.82, 2.24) is 5.32 Å². The summed E-state index contributed by atoms with van der Waals surface area (Å²) in [6, 6.07) is 9.85. The topological polar surface area (TPSA) is 75.6 Å². The van der Waals surface area contributed by atoms with E-state index < -0.39 is 11.5 Å². The van der Waals surface area contributed by atoms with E-state index >= 15 is 0 Å². The highest BCUT2D eigenvalue weighted by molar-refractivity contribution is 5.79. The molecule has 1 heterocycles. The van der Waals surface area contributed by atoms with Gasteiger partial charge < -0.3 is 15.2 Å². The van der Waals surface area contributed by atoms with Gasteiger partial charge in [-0.25, -0.2) is 0 Å². The molecule has 1 atom stereocenters. The molecule has 22 heavy (non-hydrogen) atoms. The molecule has 0 radical (unpaired) electrons. The molecule has 1 aromatic rings. The fourth-order valence-electron chi connectivity index (χ4n) is 2.92. The van der Waals surface area contributed by atoms with Crippen LogP contribution in [0.3, 0.4) is 0 Å². The SMILES string of the molecule is CC(CC(=O)NC1(CC(=O)O)CCOCC1)c1ccccc1. The summed E-state index contributed by atoms with van der Waals surface area (Å²) in [6.45, 7) is 2.98. The summed E-state index contributed by atoms with van der Waals surface area (Å²) in [5.74, 6) is -0.888. The van der Waals surface area contributed by atoms with Crippen molar-refractivity contribution in [2.45, 2.75) is 44.1 Å². The lowest BCUT2D eigenvalue weighted by molar-refractivity contribution is -0.140. The van der Waals surface area contributed by atoms with Crippen LogP contribution in [0.2, 0.25) is 0 Å². The van der Waals surface area contributed by atoms with E-state index in [1.807, 2.05) is 37.3 Å². The van der Waals surface area contributed by atoms with Crippen LogP contribution in [-0.2, 0) is 14.3 Å². The summed E-state index contributed by atoms with van der Waals surface area (Å²) in [7, 11) is 0. The van der Waals surface area contributed by atoms with E-state index in [4.69, 9.17) is 9.84 Å². The van der Waals surface area contributed by atoms with E-state index in [0.29, 0.717) is 32.5 Å². The molecule has 0 spiro atoms. The number of carboxylic acids is 1. The Labute approximate surface area is 130 Å². The molecule has 1 unspecified atom stereocenters. The Morgan fingerprint density at radius 1 is 1.27 bits per heavy atom. The van der Waals surface area contributed by atoms with Crippen LogP contribution in [0.25, 0.3) is 0 Å². The molecule has 2 N–H and O–H groups in total. The molecule has 0 bridgehead atoms. The van der Waals surface area contributed by atoms with Crippen LogP contribution < -0.4 is 5.32 Å². The van der Waals surface area contributed by atoms with Crippen LogP contribution in [-0.4, -0.2) is 35.7 Å². The summed E-state index contributed by atoms with van der Waals surface area (Å²) >= 11 is 0. The predicted molar refractivity (Wildman–Crippen MR) is 82.7 cm³/mol. The molecule has 120 valence electrons. The second-order valence-electron chi connectivity index (χ2n) is 6.03. The summed E-state index contributed by atoms with van der Waals surface area (Å²) < 4.78 is 5.29. The van der Waals surface area contributed by atoms with E-state index in [9.17, 15) is 9.59 Å². The standard InChI is InChI=1S/C17H23NO4/c1-13(14-5-3-2-4-6-14)11-15(19)18-17(12-16(20)21)7-9-22-10-8-17/h2-6,13H,7-12H2,1H3,(H,18,19)(H,20,21). The fraction of sp³-hybridized carbons (Fsp3) is 0.529. The Balaban J connectivity index is 1.97. The van der Waals surface area contributed by atoms with Gasteiger partial charge in [-0.05, 0) is 24.3 Å². The number of ether oxygens (including phenoxy) is 1. The zero-order valence-electron chi connectivity index (χ0n) is 12.9. The Bertz CT molecular complexity index is 509. The largest absolute Gasteiger partial charge is 0.481 e. The second kappa shape index (κ2) is 7.40. The van der Waals surface area contributed by atoms with Gasteiger partial charge in [0, 0.05) is 19.6 Å². The maximum absolute atomic E-state index is 12.3. The third-order valence-corrected chi connectivity index (χ3v) is 4.20. The van der Waals surface area contributed by atoms with Gasteiger partial charge in [0.1, 0.15) is 0 Å². The summed E-state index contributed by atoms with van der Waals surface area (Å²) in [5, 5.41) is 12.1. The Morgan fingerprint density at radius 3 is 2.50 bits per heavy atom. The van der Waals surface area contributed by atoms with Crippen LogP contribution in [0.4, 0.5) is 0 Å². The molecule has 0 aliphatic carbocycles. The Kier molecular flexibility index (Phi) is 5.55. The van der Waals surface area contributed by atoms with Gasteiger partial charge in [-0.2, -0.15) is 0 Å². The number of carbonyl (C=O) groups excluding carboxylic acids is 1. The van der Waals surface area contributed by atoms with Crippen molar-refractivity contribution in [3.8, 4) is 0 Å². The Morgan fingerprint density at radius 2 is 1.91 bits per heavy atom. The van der Waals surface area contributed by atoms with Crippen molar-refractivity contribution >= 4 is 11.9 Å². The molecule has 1 amide bonds. The minimum atomic E-state index is -0.890. The first kappa shape index (κ1) is 16.5. The average molecular weight is 305 g/mol. The molecular weight excluding hydrogens is 282 g/mol. The van der Waals surface area contributed by atoms with E-state index in [0.717, 1.165) is 5.56 Å². The van der Waals surface area contributed by atoms with Crippen LogP contribution in [0.15, 0.2) is 30.3 Å². The molecular formula is C17H23NO4. The van der Waals surface area contributed by atoms with Crippen LogP contribution in [0, 0.1) is 0 Å². The predicted octanol–water partition coefficient (Wildman–Crippen LogP) is 2.32. The molecule has 0 saturated carbocycles. The van der Waals surface area contributed by atoms with Crippen LogP contribution >= 0.6 is 0 Å². The van der Waals surface area contributed by atoms with Gasteiger partial charge in [-0.1, -0.05) is 37.3 Å². The van der Waals surface area contributed by atoms with Crippen molar-refractivity contribution in [2.75, 3.05) is 13.2 Å². The molecule has 2 rings (SSSR count). The molecule has 1 fully saturated rings. The van der Waals surface area contributed by atoms with E-state index in [1.165, 1.54) is 0 Å². The number of rotatable bonds is 6. The van der Waals surface area contributed by atoms with Crippen molar-refractivity contribution in [3.05, 3.63) is 35.9 Å². The number of hydrogen-bond donors (Lipinski definition) is 2. The highest BCUT2D eigenvalue weighted by Gasteiger charge is 2.36. The lowest BCUT2D eigenvalue weighted by atomic mass is 9.86. The number of amides is 1. The second-order valence-corrected chi connectivity index (χ2v) is 6.03. The minimum absolute atomic E-state index is 0.0538. The van der Waals surface area contributed by atoms with Gasteiger partial charge >= 0.3 is 5.97 Å². The zero-order valence-corrected chi connectivity index (χ0v) is 12.9. The summed E-state index contributed by atoms with van der Waals surface area (Å²) in [6.07, 6.45) is 1.39. The van der Waals surface area contributed by atoms with Crippen LogP contribution in [0.1, 0.15) is 44.1 Å². The zero-order chi connectivity index (χ0) is 16.0. The maximum atomic E-state index is 12.3. The number of carbonyl (C=O) groups is 2. The van der Waals surface area contributed by atoms with Crippen molar-refractivity contribution < 1.29 is 19.4 Å². The first-order valence-corrected chi connectivity index (χ1v) is 7.66. The summed E-state index contributed by atoms with van der Waals surface area (Å²) in [5.41, 5.74) is 0.439. The van der Waals surface area contributed by atoms with Gasteiger partial charge in [0.2, 0.25) is 5.91 Å². The fourth-order valence-corrected chi connectivity index (χ4v) is 2.92. The highest BCUT2D eigenvalue weighted by Crippen LogP contribution is 2.26. The normalized spacial score (nSPS) is 18.4. The van der Waals surface area contributed by atoms with Gasteiger partial charge in [-0.15, -0.1) is 0 Å². The molecule has 0 aromatic heterocycles. The molecule has 5 heteroatoms. The number of carboxylic acid groups (broad SMARTS) is 1. The quantitative estimate of drug-likeness (QED) is 0.845. The maximum Gasteiger partial charge on any atom is 0.305 e. The third kappa shape index (κ3) is 4.56. The molecule has 1 aliphatic rings. The summed E-state index contributed by atoms with van der Waals surface area (Å²) in [4.78, 5) is 23.4. The number of hydrogen-bond acceptors (Lipinski definition) is 3. The monoisotopic (exact) mass is 305 g/mol.